The average molecular weight is 122 g/mol. The molecule has 46 valence electrons. The smallest absolute Gasteiger partial charge is 0.188 e. The second-order valence-corrected chi connectivity index (χ2v) is 1.64. The molecule has 9 heavy (non-hydrogen) atoms. The average Bonchev–Trinajstić information content (AvgIpc) is 1.89. The van der Waals surface area contributed by atoms with Gasteiger partial charge in [0, 0.05) is 6.20 Å². The van der Waals surface area contributed by atoms with Crippen LogP contribution in [0, 0.1) is 0 Å². The van der Waals surface area contributed by atoms with Gasteiger partial charge in [0.1, 0.15) is 5.69 Å². The fourth-order valence-corrected chi connectivity index (χ4v) is 0.569. The van der Waals surface area contributed by atoms with Crippen LogP contribution in [-0.4, -0.2) is 11.2 Å². The summed E-state index contributed by atoms with van der Waals surface area (Å²) in [5, 5.41) is 5.18. The molecule has 0 saturated carbocycles. The lowest BCUT2D eigenvalue weighted by molar-refractivity contribution is -0.104. The van der Waals surface area contributed by atoms with Gasteiger partial charge < -0.3 is 5.73 Å². The zero-order chi connectivity index (χ0) is 6.69. The van der Waals surface area contributed by atoms with Gasteiger partial charge in [-0.25, -0.2) is 4.98 Å². The number of nitrogen functional groups attached to an aromatic ring is 1. The van der Waals surface area contributed by atoms with Crippen molar-refractivity contribution in [1.29, 1.82) is 0 Å². The third-order valence-electron chi connectivity index (χ3n) is 1.03. The second kappa shape index (κ2) is 2.26. The van der Waals surface area contributed by atoms with Gasteiger partial charge in [-0.3, -0.25) is 5.41 Å². The number of anilines is 1. The van der Waals surface area contributed by atoms with E-state index in [4.69, 9.17) is 11.1 Å². The Morgan fingerprint density at radius 1 is 1.67 bits per heavy atom. The Morgan fingerprint density at radius 2 is 2.44 bits per heavy atom. The maximum Gasteiger partial charge on any atom is 0.188 e. The van der Waals surface area contributed by atoms with Gasteiger partial charge in [0.05, 0.1) is 5.69 Å². The molecule has 1 aromatic heterocycles. The fourth-order valence-electron chi connectivity index (χ4n) is 0.569. The van der Waals surface area contributed by atoms with Crippen molar-refractivity contribution in [1.82, 2.24) is 4.98 Å². The minimum Gasteiger partial charge on any atom is -0.397 e. The molecule has 3 nitrogen and oxygen atoms in total. The van der Waals surface area contributed by atoms with Crippen molar-refractivity contribution in [3.05, 3.63) is 24.0 Å². The topological polar surface area (TPSA) is 64.5 Å². The van der Waals surface area contributed by atoms with Gasteiger partial charge in [0.15, 0.2) is 6.21 Å². The summed E-state index contributed by atoms with van der Waals surface area (Å²) < 4.78 is 0. The molecular formula is C6H8N3+. The molecule has 0 aromatic carbocycles. The van der Waals surface area contributed by atoms with Gasteiger partial charge in [-0.05, 0) is 12.1 Å². The maximum absolute atomic E-state index is 5.46. The largest absolute Gasteiger partial charge is 0.397 e. The summed E-state index contributed by atoms with van der Waals surface area (Å²) in [6.45, 7) is 0. The molecule has 1 aromatic rings. The quantitative estimate of drug-likeness (QED) is 0.461. The van der Waals surface area contributed by atoms with Crippen LogP contribution in [0.1, 0.15) is 5.69 Å². The van der Waals surface area contributed by atoms with Gasteiger partial charge in [0.2, 0.25) is 0 Å². The minimum absolute atomic E-state index is 0.611. The highest BCUT2D eigenvalue weighted by Crippen LogP contribution is 2.01. The predicted molar refractivity (Wildman–Crippen MR) is 35.7 cm³/mol. The van der Waals surface area contributed by atoms with Crippen LogP contribution in [0.2, 0.25) is 0 Å². The number of hydrogen-bond donors (Lipinski definition) is 2. The molecule has 0 spiro atoms. The van der Waals surface area contributed by atoms with Crippen molar-refractivity contribution in [2.45, 2.75) is 0 Å². The first-order chi connectivity index (χ1) is 4.34. The highest BCUT2D eigenvalue weighted by Gasteiger charge is 1.94. The Kier molecular flexibility index (Phi) is 1.44. The number of rotatable bonds is 1. The molecule has 4 N–H and O–H groups in total. The van der Waals surface area contributed by atoms with E-state index < -0.39 is 0 Å². The molecule has 0 fully saturated rings. The zero-order valence-electron chi connectivity index (χ0n) is 4.91. The van der Waals surface area contributed by atoms with Crippen LogP contribution >= 0.6 is 0 Å². The van der Waals surface area contributed by atoms with Crippen LogP contribution < -0.4 is 11.1 Å². The van der Waals surface area contributed by atoms with Gasteiger partial charge >= 0.3 is 0 Å². The molecule has 0 aliphatic rings. The summed E-state index contributed by atoms with van der Waals surface area (Å²) in [6, 6.07) is 3.52. The van der Waals surface area contributed by atoms with Crippen LogP contribution in [0.4, 0.5) is 5.69 Å². The van der Waals surface area contributed by atoms with E-state index in [9.17, 15) is 0 Å². The van der Waals surface area contributed by atoms with Crippen molar-refractivity contribution in [3.63, 3.8) is 0 Å². The fraction of sp³-hybridized carbons (Fsp3) is 0. The molecule has 0 bridgehead atoms. The third kappa shape index (κ3) is 1.05. The first-order valence-corrected chi connectivity index (χ1v) is 2.60. The Labute approximate surface area is 53.0 Å². The summed E-state index contributed by atoms with van der Waals surface area (Å²) >= 11 is 0. The molecule has 0 saturated heterocycles. The van der Waals surface area contributed by atoms with Crippen LogP contribution in [0.3, 0.4) is 0 Å². The molecule has 1 rings (SSSR count). The highest BCUT2D eigenvalue weighted by atomic mass is 14.7. The van der Waals surface area contributed by atoms with E-state index in [2.05, 4.69) is 4.98 Å². The van der Waals surface area contributed by atoms with Crippen molar-refractivity contribution < 1.29 is 5.41 Å². The molecule has 0 atom stereocenters. The summed E-state index contributed by atoms with van der Waals surface area (Å²) in [5.41, 5.74) is 6.71. The van der Waals surface area contributed by atoms with Gasteiger partial charge in [-0.1, -0.05) is 0 Å². The minimum atomic E-state index is 0.611. The monoisotopic (exact) mass is 122 g/mol. The first-order valence-electron chi connectivity index (χ1n) is 2.60. The van der Waals surface area contributed by atoms with E-state index in [1.165, 1.54) is 6.21 Å². The highest BCUT2D eigenvalue weighted by molar-refractivity contribution is 5.79. The summed E-state index contributed by atoms with van der Waals surface area (Å²) in [7, 11) is 0. The van der Waals surface area contributed by atoms with E-state index >= 15 is 0 Å². The lowest BCUT2D eigenvalue weighted by Gasteiger charge is -1.91. The molecule has 0 aliphatic heterocycles. The molecular weight excluding hydrogens is 114 g/mol. The third-order valence-corrected chi connectivity index (χ3v) is 1.03. The molecule has 0 radical (unpaired) electrons. The Balaban J connectivity index is 3.15. The second-order valence-electron chi connectivity index (χ2n) is 1.64. The molecule has 3 heteroatoms. The predicted octanol–water partition coefficient (Wildman–Crippen LogP) is -1.16. The number of nitrogens with zero attached hydrogens (tertiary/aromatic N) is 1. The lowest BCUT2D eigenvalue weighted by Crippen LogP contribution is -2.30. The van der Waals surface area contributed by atoms with Crippen LogP contribution in [0.5, 0.6) is 0 Å². The van der Waals surface area contributed by atoms with E-state index in [1.807, 2.05) is 0 Å². The first kappa shape index (κ1) is 5.75. The van der Waals surface area contributed by atoms with Gasteiger partial charge in [-0.2, -0.15) is 0 Å². The van der Waals surface area contributed by atoms with E-state index in [1.54, 1.807) is 18.3 Å². The summed E-state index contributed by atoms with van der Waals surface area (Å²) in [4.78, 5) is 3.89. The Bertz CT molecular complexity index is 219. The van der Waals surface area contributed by atoms with Crippen molar-refractivity contribution in [2.24, 2.45) is 0 Å². The normalized spacial score (nSPS) is 8.89. The van der Waals surface area contributed by atoms with E-state index in [-0.39, 0.29) is 0 Å². The molecule has 1 heterocycles. The SMILES string of the molecule is Nc1cccnc1C=[NH2+]. The summed E-state index contributed by atoms with van der Waals surface area (Å²) in [6.07, 6.45) is 3.03. The Hall–Kier alpha value is -1.38. The van der Waals surface area contributed by atoms with Gasteiger partial charge in [0.25, 0.3) is 0 Å². The number of hydrogen-bond acceptors (Lipinski definition) is 2. The van der Waals surface area contributed by atoms with Crippen LogP contribution in [0.25, 0.3) is 0 Å². The van der Waals surface area contributed by atoms with Gasteiger partial charge in [-0.15, -0.1) is 0 Å². The Morgan fingerprint density at radius 3 is 2.89 bits per heavy atom. The number of nitrogens with two attached hydrogens (primary N) is 2. The van der Waals surface area contributed by atoms with Crippen LogP contribution in [-0.2, 0) is 0 Å². The molecule has 0 amide bonds. The van der Waals surface area contributed by atoms with Crippen LogP contribution in [0.15, 0.2) is 18.3 Å². The van der Waals surface area contributed by atoms with Crippen molar-refractivity contribution in [3.8, 4) is 0 Å². The van der Waals surface area contributed by atoms with Crippen molar-refractivity contribution >= 4 is 11.9 Å². The van der Waals surface area contributed by atoms with E-state index in [0.717, 1.165) is 0 Å². The lowest BCUT2D eigenvalue weighted by atomic mass is 10.3. The summed E-state index contributed by atoms with van der Waals surface area (Å²) in [5.74, 6) is 0. The zero-order valence-corrected chi connectivity index (χ0v) is 4.91. The van der Waals surface area contributed by atoms with E-state index in [0.29, 0.717) is 11.4 Å². The standard InChI is InChI=1S/C6H7N3/c7-4-6-5(8)2-1-3-9-6/h1-4,7H,8H2/p+1. The molecule has 0 unspecified atom stereocenters. The number of pyridine rings is 1. The van der Waals surface area contributed by atoms with Crippen molar-refractivity contribution in [2.75, 3.05) is 5.73 Å². The number of aromatic nitrogens is 1. The molecule has 0 aliphatic carbocycles. The maximum atomic E-state index is 5.46.